The first-order valence-electron chi connectivity index (χ1n) is 7.75. The lowest BCUT2D eigenvalue weighted by molar-refractivity contribution is -0.113. The van der Waals surface area contributed by atoms with Gasteiger partial charge in [0.2, 0.25) is 0 Å². The number of nitriles is 1. The van der Waals surface area contributed by atoms with Crippen molar-refractivity contribution >= 4 is 57.6 Å². The summed E-state index contributed by atoms with van der Waals surface area (Å²) in [5.74, 6) is 0.744. The molecule has 0 saturated carbocycles. The van der Waals surface area contributed by atoms with Crippen LogP contribution in [0.1, 0.15) is 5.56 Å². The van der Waals surface area contributed by atoms with Gasteiger partial charge in [0.1, 0.15) is 6.07 Å². The summed E-state index contributed by atoms with van der Waals surface area (Å²) in [5, 5.41) is 9.22. The average Bonchev–Trinajstić information content (AvgIpc) is 2.94. The number of hydrogen-bond donors (Lipinski definition) is 0. The van der Waals surface area contributed by atoms with Crippen LogP contribution in [0.3, 0.4) is 0 Å². The van der Waals surface area contributed by atoms with E-state index in [4.69, 9.17) is 38.6 Å². The minimum atomic E-state index is -0.198. The summed E-state index contributed by atoms with van der Waals surface area (Å²) in [6.45, 7) is -0.0740. The van der Waals surface area contributed by atoms with Gasteiger partial charge in [-0.05, 0) is 48.0 Å². The highest BCUT2D eigenvalue weighted by Crippen LogP contribution is 2.37. The van der Waals surface area contributed by atoms with Crippen LogP contribution in [0.5, 0.6) is 11.5 Å². The topological polar surface area (TPSA) is 62.6 Å². The average molecular weight is 417 g/mol. The molecule has 1 aliphatic rings. The number of benzene rings is 2. The van der Waals surface area contributed by atoms with Crippen LogP contribution in [0.2, 0.25) is 5.02 Å². The molecule has 0 atom stereocenters. The van der Waals surface area contributed by atoms with Gasteiger partial charge in [0.05, 0.1) is 17.7 Å². The summed E-state index contributed by atoms with van der Waals surface area (Å²) in [6.07, 6.45) is 1.74. The molecule has 0 aromatic heterocycles. The van der Waals surface area contributed by atoms with Crippen LogP contribution in [-0.2, 0) is 4.79 Å². The zero-order chi connectivity index (χ0) is 19.4. The fourth-order valence-electron chi connectivity index (χ4n) is 2.44. The summed E-state index contributed by atoms with van der Waals surface area (Å²) < 4.78 is 11.1. The minimum absolute atomic E-state index is 0.0740. The number of thiocarbonyl (C=S) groups is 1. The number of carbonyl (C=O) groups is 1. The lowest BCUT2D eigenvalue weighted by Gasteiger charge is -2.14. The van der Waals surface area contributed by atoms with E-state index in [2.05, 4.69) is 0 Å². The van der Waals surface area contributed by atoms with Crippen LogP contribution < -0.4 is 14.4 Å². The molecule has 0 N–H and O–H groups in total. The highest BCUT2D eigenvalue weighted by molar-refractivity contribution is 8.27. The number of halogens is 1. The van der Waals surface area contributed by atoms with Gasteiger partial charge in [-0.3, -0.25) is 9.69 Å². The van der Waals surface area contributed by atoms with Crippen molar-refractivity contribution in [3.63, 3.8) is 0 Å². The van der Waals surface area contributed by atoms with Crippen LogP contribution in [0.25, 0.3) is 6.08 Å². The van der Waals surface area contributed by atoms with Crippen LogP contribution in [-0.4, -0.2) is 23.9 Å². The number of hydrogen-bond acceptors (Lipinski definition) is 6. The minimum Gasteiger partial charge on any atom is -0.493 e. The summed E-state index contributed by atoms with van der Waals surface area (Å²) >= 11 is 12.5. The van der Waals surface area contributed by atoms with Gasteiger partial charge in [0, 0.05) is 5.02 Å². The maximum absolute atomic E-state index is 12.8. The lowest BCUT2D eigenvalue weighted by atomic mass is 10.2. The lowest BCUT2D eigenvalue weighted by Crippen LogP contribution is -2.27. The van der Waals surface area contributed by atoms with Crippen molar-refractivity contribution in [1.82, 2.24) is 0 Å². The molecule has 1 heterocycles. The van der Waals surface area contributed by atoms with Gasteiger partial charge < -0.3 is 9.47 Å². The normalized spacial score (nSPS) is 15.1. The number of rotatable bonds is 5. The fourth-order valence-corrected chi connectivity index (χ4v) is 3.86. The molecule has 1 saturated heterocycles. The first kappa shape index (κ1) is 19.2. The van der Waals surface area contributed by atoms with Crippen molar-refractivity contribution in [2.75, 3.05) is 18.6 Å². The monoisotopic (exact) mass is 416 g/mol. The highest BCUT2D eigenvalue weighted by atomic mass is 35.5. The molecule has 0 bridgehead atoms. The van der Waals surface area contributed by atoms with Crippen molar-refractivity contribution in [3.05, 3.63) is 58.0 Å². The molecule has 0 spiro atoms. The van der Waals surface area contributed by atoms with E-state index in [1.165, 1.54) is 23.8 Å². The second kappa shape index (κ2) is 8.44. The Morgan fingerprint density at radius 2 is 2.00 bits per heavy atom. The van der Waals surface area contributed by atoms with E-state index in [0.29, 0.717) is 31.4 Å². The highest BCUT2D eigenvalue weighted by Gasteiger charge is 2.33. The second-order valence-electron chi connectivity index (χ2n) is 5.35. The molecule has 2 aromatic rings. The Labute approximate surface area is 171 Å². The van der Waals surface area contributed by atoms with Crippen molar-refractivity contribution in [3.8, 4) is 17.6 Å². The van der Waals surface area contributed by atoms with Crippen molar-refractivity contribution < 1.29 is 14.3 Å². The molecule has 2 aromatic carbocycles. The van der Waals surface area contributed by atoms with Crippen LogP contribution in [0.4, 0.5) is 5.69 Å². The molecule has 0 radical (unpaired) electrons. The number of nitrogens with zero attached hydrogens (tertiary/aromatic N) is 2. The van der Waals surface area contributed by atoms with E-state index in [1.54, 1.807) is 48.5 Å². The number of amides is 1. The van der Waals surface area contributed by atoms with Crippen molar-refractivity contribution in [1.29, 1.82) is 5.26 Å². The van der Waals surface area contributed by atoms with E-state index in [-0.39, 0.29) is 12.5 Å². The Balaban J connectivity index is 1.87. The van der Waals surface area contributed by atoms with E-state index in [1.807, 2.05) is 6.07 Å². The van der Waals surface area contributed by atoms with E-state index < -0.39 is 0 Å². The van der Waals surface area contributed by atoms with E-state index in [9.17, 15) is 4.79 Å². The molecular weight excluding hydrogens is 404 g/mol. The largest absolute Gasteiger partial charge is 0.493 e. The Kier molecular flexibility index (Phi) is 6.01. The van der Waals surface area contributed by atoms with Gasteiger partial charge in [-0.15, -0.1) is 0 Å². The van der Waals surface area contributed by atoms with Crippen molar-refractivity contribution in [2.45, 2.75) is 0 Å². The quantitative estimate of drug-likeness (QED) is 0.522. The fraction of sp³-hybridized carbons (Fsp3) is 0.105. The molecule has 8 heteroatoms. The summed E-state index contributed by atoms with van der Waals surface area (Å²) in [4.78, 5) is 14.8. The maximum Gasteiger partial charge on any atom is 0.270 e. The number of thioether (sulfide) groups is 1. The van der Waals surface area contributed by atoms with Gasteiger partial charge in [-0.2, -0.15) is 5.26 Å². The molecule has 1 aliphatic heterocycles. The number of carbonyl (C=O) groups excluding carboxylic acids is 1. The smallest absolute Gasteiger partial charge is 0.270 e. The molecule has 1 amide bonds. The summed E-state index contributed by atoms with van der Waals surface area (Å²) in [7, 11) is 1.51. The third-order valence-electron chi connectivity index (χ3n) is 3.66. The maximum atomic E-state index is 12.8. The number of ether oxygens (including phenoxy) is 2. The second-order valence-corrected chi connectivity index (χ2v) is 7.46. The third-order valence-corrected chi connectivity index (χ3v) is 5.21. The van der Waals surface area contributed by atoms with Gasteiger partial charge in [0.25, 0.3) is 5.91 Å². The predicted molar refractivity (Wildman–Crippen MR) is 111 cm³/mol. The van der Waals surface area contributed by atoms with Gasteiger partial charge in [0.15, 0.2) is 22.4 Å². The third kappa shape index (κ3) is 4.25. The standard InChI is InChI=1S/C19H13ClN2O3S2/c1-24-16-10-12(2-7-15(16)25-9-8-21)11-17-18(23)22(19(26)27-17)14-5-3-13(20)4-6-14/h2-7,10-11H,9H2,1H3/b17-11+. The van der Waals surface area contributed by atoms with Crippen molar-refractivity contribution in [2.24, 2.45) is 0 Å². The number of methoxy groups -OCH3 is 1. The van der Waals surface area contributed by atoms with E-state index in [0.717, 1.165) is 5.56 Å². The molecule has 136 valence electrons. The summed E-state index contributed by atoms with van der Waals surface area (Å²) in [5.41, 5.74) is 1.43. The molecule has 0 unspecified atom stereocenters. The zero-order valence-electron chi connectivity index (χ0n) is 14.1. The van der Waals surface area contributed by atoms with Crippen LogP contribution >= 0.6 is 35.6 Å². The Hall–Kier alpha value is -2.53. The van der Waals surface area contributed by atoms with Gasteiger partial charge >= 0.3 is 0 Å². The Bertz CT molecular complexity index is 968. The van der Waals surface area contributed by atoms with Crippen LogP contribution in [0.15, 0.2) is 47.4 Å². The molecule has 1 fully saturated rings. The zero-order valence-corrected chi connectivity index (χ0v) is 16.5. The first-order chi connectivity index (χ1) is 13.0. The molecule has 3 rings (SSSR count). The molecule has 5 nitrogen and oxygen atoms in total. The molecular formula is C19H13ClN2O3S2. The first-order valence-corrected chi connectivity index (χ1v) is 9.35. The van der Waals surface area contributed by atoms with Gasteiger partial charge in [-0.25, -0.2) is 0 Å². The van der Waals surface area contributed by atoms with E-state index >= 15 is 0 Å². The molecule has 0 aliphatic carbocycles. The molecule has 27 heavy (non-hydrogen) atoms. The Morgan fingerprint density at radius 1 is 1.26 bits per heavy atom. The predicted octanol–water partition coefficient (Wildman–Crippen LogP) is 4.66. The van der Waals surface area contributed by atoms with Crippen LogP contribution in [0, 0.1) is 11.3 Å². The SMILES string of the molecule is COc1cc(/C=C2/SC(=S)N(c3ccc(Cl)cc3)C2=O)ccc1OCC#N. The number of anilines is 1. The summed E-state index contributed by atoms with van der Waals surface area (Å²) in [6, 6.07) is 14.1. The van der Waals surface area contributed by atoms with Gasteiger partial charge in [-0.1, -0.05) is 41.6 Å². The Morgan fingerprint density at radius 3 is 2.67 bits per heavy atom.